The molecule has 1 aliphatic rings. The summed E-state index contributed by atoms with van der Waals surface area (Å²) in [6.07, 6.45) is 6.93. The molecule has 3 nitrogen and oxygen atoms in total. The van der Waals surface area contributed by atoms with Crippen LogP contribution in [0, 0.1) is 12.3 Å². The Morgan fingerprint density at radius 2 is 2.16 bits per heavy atom. The number of likely N-dealkylation sites (N-methyl/N-ethyl adjacent to an activating group) is 1. The number of benzene rings is 1. The highest BCUT2D eigenvalue weighted by Crippen LogP contribution is 2.31. The van der Waals surface area contributed by atoms with Crippen LogP contribution in [0.1, 0.15) is 5.56 Å². The molecule has 0 spiro atoms. The van der Waals surface area contributed by atoms with Gasteiger partial charge < -0.3 is 4.74 Å². The van der Waals surface area contributed by atoms with Crippen molar-refractivity contribution < 1.29 is 9.53 Å². The van der Waals surface area contributed by atoms with Gasteiger partial charge in [-0.1, -0.05) is 42.0 Å². The van der Waals surface area contributed by atoms with Crippen molar-refractivity contribution >= 4 is 40.3 Å². The number of carbonyl (C=O) groups excluding carboxylic acids is 1. The minimum atomic E-state index is -0.0670. The molecule has 0 aromatic heterocycles. The molecule has 1 saturated heterocycles. The first kappa shape index (κ1) is 13.7. The van der Waals surface area contributed by atoms with Gasteiger partial charge >= 0.3 is 0 Å². The van der Waals surface area contributed by atoms with E-state index in [0.29, 0.717) is 15.0 Å². The first-order valence-corrected chi connectivity index (χ1v) is 6.72. The van der Waals surface area contributed by atoms with Gasteiger partial charge in [0.1, 0.15) is 16.7 Å². The molecule has 5 heteroatoms. The van der Waals surface area contributed by atoms with Gasteiger partial charge in [0, 0.05) is 7.05 Å². The van der Waals surface area contributed by atoms with E-state index in [4.69, 9.17) is 23.4 Å². The van der Waals surface area contributed by atoms with Gasteiger partial charge in [0.25, 0.3) is 5.91 Å². The van der Waals surface area contributed by atoms with Gasteiger partial charge in [-0.2, -0.15) is 0 Å². The number of thioether (sulfide) groups is 1. The van der Waals surface area contributed by atoms with E-state index < -0.39 is 0 Å². The standard InChI is InChI=1S/C14H11NO2S2/c1-3-8-17-11-6-4-10(5-7-11)9-12-13(16)15(2)14(18)19-12/h1,4-7,9H,8H2,2H3/b12-9+. The smallest absolute Gasteiger partial charge is 0.265 e. The van der Waals surface area contributed by atoms with Crippen LogP contribution in [0.2, 0.25) is 0 Å². The van der Waals surface area contributed by atoms with Crippen molar-refractivity contribution in [3.63, 3.8) is 0 Å². The van der Waals surface area contributed by atoms with Gasteiger partial charge in [0.05, 0.1) is 4.91 Å². The second kappa shape index (κ2) is 5.91. The summed E-state index contributed by atoms with van der Waals surface area (Å²) < 4.78 is 5.85. The van der Waals surface area contributed by atoms with E-state index in [1.807, 2.05) is 30.3 Å². The lowest BCUT2D eigenvalue weighted by molar-refractivity contribution is -0.121. The Hall–Kier alpha value is -1.77. The predicted octanol–water partition coefficient (Wildman–Crippen LogP) is 2.53. The van der Waals surface area contributed by atoms with Crippen molar-refractivity contribution in [2.24, 2.45) is 0 Å². The van der Waals surface area contributed by atoms with Crippen LogP contribution in [0.15, 0.2) is 29.2 Å². The van der Waals surface area contributed by atoms with E-state index in [1.165, 1.54) is 16.7 Å². The van der Waals surface area contributed by atoms with Crippen LogP contribution < -0.4 is 4.74 Å². The Morgan fingerprint density at radius 3 is 2.68 bits per heavy atom. The fourth-order valence-electron chi connectivity index (χ4n) is 1.48. The monoisotopic (exact) mass is 289 g/mol. The fourth-order valence-corrected chi connectivity index (χ4v) is 2.66. The lowest BCUT2D eigenvalue weighted by atomic mass is 10.2. The van der Waals surface area contributed by atoms with E-state index in [0.717, 1.165) is 5.56 Å². The molecule has 0 saturated carbocycles. The number of hydrogen-bond acceptors (Lipinski definition) is 4. The maximum absolute atomic E-state index is 11.8. The molecule has 1 heterocycles. The van der Waals surface area contributed by atoms with E-state index in [-0.39, 0.29) is 12.5 Å². The summed E-state index contributed by atoms with van der Waals surface area (Å²) in [7, 11) is 1.68. The Bertz CT molecular complexity index is 584. The fraction of sp³-hybridized carbons (Fsp3) is 0.143. The summed E-state index contributed by atoms with van der Waals surface area (Å²) in [5, 5.41) is 0. The Labute approximate surface area is 121 Å². The summed E-state index contributed by atoms with van der Waals surface area (Å²) in [4.78, 5) is 13.9. The molecule has 1 aliphatic heterocycles. The number of nitrogens with zero attached hydrogens (tertiary/aromatic N) is 1. The van der Waals surface area contributed by atoms with Crippen LogP contribution in [0.3, 0.4) is 0 Å². The number of rotatable bonds is 3. The Morgan fingerprint density at radius 1 is 1.47 bits per heavy atom. The Kier molecular flexibility index (Phi) is 4.25. The van der Waals surface area contributed by atoms with Crippen LogP contribution >= 0.6 is 24.0 Å². The molecule has 2 rings (SSSR count). The molecular formula is C14H11NO2S2. The zero-order chi connectivity index (χ0) is 13.8. The van der Waals surface area contributed by atoms with Crippen LogP contribution in [0.5, 0.6) is 5.75 Å². The molecule has 0 atom stereocenters. The number of thiocarbonyl (C=S) groups is 1. The molecule has 1 fully saturated rings. The van der Waals surface area contributed by atoms with E-state index >= 15 is 0 Å². The van der Waals surface area contributed by atoms with Gasteiger partial charge in [-0.25, -0.2) is 0 Å². The van der Waals surface area contributed by atoms with Crippen molar-refractivity contribution in [2.45, 2.75) is 0 Å². The largest absolute Gasteiger partial charge is 0.481 e. The van der Waals surface area contributed by atoms with Crippen LogP contribution in [-0.2, 0) is 4.79 Å². The normalized spacial score (nSPS) is 16.8. The molecule has 0 bridgehead atoms. The van der Waals surface area contributed by atoms with Gasteiger partial charge in [0.2, 0.25) is 0 Å². The second-order valence-corrected chi connectivity index (χ2v) is 5.48. The number of hydrogen-bond donors (Lipinski definition) is 0. The van der Waals surface area contributed by atoms with Crippen molar-refractivity contribution in [1.29, 1.82) is 0 Å². The van der Waals surface area contributed by atoms with Gasteiger partial charge in [-0.15, -0.1) is 6.42 Å². The SMILES string of the molecule is C#CCOc1ccc(/C=C2/SC(=S)N(C)C2=O)cc1. The average molecular weight is 289 g/mol. The summed E-state index contributed by atoms with van der Waals surface area (Å²) in [6.45, 7) is 0.244. The molecule has 1 aromatic carbocycles. The number of amides is 1. The molecule has 1 aromatic rings. The maximum Gasteiger partial charge on any atom is 0.265 e. The molecule has 0 aliphatic carbocycles. The van der Waals surface area contributed by atoms with Crippen molar-refractivity contribution in [3.05, 3.63) is 34.7 Å². The van der Waals surface area contributed by atoms with Crippen LogP contribution in [0.4, 0.5) is 0 Å². The highest BCUT2D eigenvalue weighted by atomic mass is 32.2. The minimum absolute atomic E-state index is 0.0670. The van der Waals surface area contributed by atoms with Crippen molar-refractivity contribution in [3.8, 4) is 18.1 Å². The Balaban J connectivity index is 2.14. The lowest BCUT2D eigenvalue weighted by Gasteiger charge is -2.04. The molecule has 0 unspecified atom stereocenters. The quantitative estimate of drug-likeness (QED) is 0.486. The zero-order valence-electron chi connectivity index (χ0n) is 10.3. The third-order valence-corrected chi connectivity index (χ3v) is 3.97. The molecule has 0 radical (unpaired) electrons. The highest BCUT2D eigenvalue weighted by molar-refractivity contribution is 8.26. The van der Waals surface area contributed by atoms with E-state index in [1.54, 1.807) is 7.05 Å². The van der Waals surface area contributed by atoms with Crippen LogP contribution in [-0.4, -0.2) is 28.8 Å². The predicted molar refractivity (Wildman–Crippen MR) is 81.7 cm³/mol. The summed E-state index contributed by atoms with van der Waals surface area (Å²) in [6, 6.07) is 7.37. The molecule has 1 amide bonds. The topological polar surface area (TPSA) is 29.5 Å². The third-order valence-electron chi connectivity index (χ3n) is 2.49. The second-order valence-electron chi connectivity index (χ2n) is 3.80. The molecular weight excluding hydrogens is 278 g/mol. The van der Waals surface area contributed by atoms with Crippen molar-refractivity contribution in [2.75, 3.05) is 13.7 Å². The van der Waals surface area contributed by atoms with E-state index in [9.17, 15) is 4.79 Å². The highest BCUT2D eigenvalue weighted by Gasteiger charge is 2.28. The van der Waals surface area contributed by atoms with Gasteiger partial charge in [0.15, 0.2) is 0 Å². The van der Waals surface area contributed by atoms with E-state index in [2.05, 4.69) is 5.92 Å². The van der Waals surface area contributed by atoms with Gasteiger partial charge in [-0.05, 0) is 23.8 Å². The zero-order valence-corrected chi connectivity index (χ0v) is 11.9. The number of ether oxygens (including phenoxy) is 1. The minimum Gasteiger partial charge on any atom is -0.481 e. The van der Waals surface area contributed by atoms with Gasteiger partial charge in [-0.3, -0.25) is 9.69 Å². The van der Waals surface area contributed by atoms with Crippen molar-refractivity contribution in [1.82, 2.24) is 4.90 Å². The molecule has 96 valence electrons. The first-order valence-electron chi connectivity index (χ1n) is 5.49. The average Bonchev–Trinajstić information content (AvgIpc) is 2.66. The maximum atomic E-state index is 11.8. The lowest BCUT2D eigenvalue weighted by Crippen LogP contribution is -2.22. The summed E-state index contributed by atoms with van der Waals surface area (Å²) in [5.74, 6) is 3.04. The van der Waals surface area contributed by atoms with Crippen LogP contribution in [0.25, 0.3) is 6.08 Å². The third kappa shape index (κ3) is 3.16. The molecule has 0 N–H and O–H groups in total. The summed E-state index contributed by atoms with van der Waals surface area (Å²) >= 11 is 6.37. The first-order chi connectivity index (χ1) is 9.11. The number of carbonyl (C=O) groups is 1. The summed E-state index contributed by atoms with van der Waals surface area (Å²) in [5.41, 5.74) is 0.919. The molecule has 19 heavy (non-hydrogen) atoms. The number of terminal acetylenes is 1.